The van der Waals surface area contributed by atoms with E-state index in [1.165, 1.54) is 6.42 Å². The van der Waals surface area contributed by atoms with Crippen molar-refractivity contribution in [2.45, 2.75) is 26.7 Å². The van der Waals surface area contributed by atoms with Gasteiger partial charge in [0.2, 0.25) is 0 Å². The van der Waals surface area contributed by atoms with Gasteiger partial charge in [-0.3, -0.25) is 0 Å². The second-order valence-electron chi connectivity index (χ2n) is 2.18. The highest BCUT2D eigenvalue weighted by molar-refractivity contribution is 4.77. The summed E-state index contributed by atoms with van der Waals surface area (Å²) in [5.74, 6) is 0.787. The molecular formula is C7H15N. The quantitative estimate of drug-likeness (QED) is 0.594. The predicted octanol–water partition coefficient (Wildman–Crippen LogP) is 1.90. The number of nitrogens with two attached hydrogens (primary N) is 1. The van der Waals surface area contributed by atoms with Gasteiger partial charge in [-0.1, -0.05) is 26.3 Å². The smallest absolute Gasteiger partial charge is 0.0103 e. The summed E-state index contributed by atoms with van der Waals surface area (Å²) in [5.41, 5.74) is 5.15. The molecule has 0 aromatic heterocycles. The lowest BCUT2D eigenvalue weighted by molar-refractivity contribution is 0.571. The number of hydrogen-bond donors (Lipinski definition) is 1. The minimum atomic E-state index is 0.787. The standard InChI is InChI=1S/C7H15N/c1-3-7(2)5-4-6-8/h4,6-7H,3,5,8H2,1-2H3/b6-4-. The topological polar surface area (TPSA) is 26.0 Å². The normalized spacial score (nSPS) is 14.8. The fraction of sp³-hybridized carbons (Fsp3) is 0.714. The zero-order valence-electron chi connectivity index (χ0n) is 5.72. The third-order valence-electron chi connectivity index (χ3n) is 1.37. The van der Waals surface area contributed by atoms with E-state index >= 15 is 0 Å². The molecule has 1 nitrogen and oxygen atoms in total. The zero-order chi connectivity index (χ0) is 6.41. The molecule has 2 N–H and O–H groups in total. The van der Waals surface area contributed by atoms with Crippen LogP contribution in [0.4, 0.5) is 0 Å². The van der Waals surface area contributed by atoms with Gasteiger partial charge in [0.1, 0.15) is 0 Å². The predicted molar refractivity (Wildman–Crippen MR) is 37.4 cm³/mol. The molecule has 0 aliphatic rings. The highest BCUT2D eigenvalue weighted by Crippen LogP contribution is 2.05. The second-order valence-corrected chi connectivity index (χ2v) is 2.18. The Hall–Kier alpha value is -0.460. The van der Waals surface area contributed by atoms with E-state index < -0.39 is 0 Å². The van der Waals surface area contributed by atoms with E-state index in [0.717, 1.165) is 12.3 Å². The van der Waals surface area contributed by atoms with E-state index in [2.05, 4.69) is 13.8 Å². The summed E-state index contributed by atoms with van der Waals surface area (Å²) >= 11 is 0. The number of allylic oxidation sites excluding steroid dienone is 1. The molecule has 0 aromatic rings. The van der Waals surface area contributed by atoms with Crippen LogP contribution in [0.1, 0.15) is 26.7 Å². The molecule has 0 heterocycles. The molecule has 8 heavy (non-hydrogen) atoms. The average molecular weight is 113 g/mol. The first kappa shape index (κ1) is 7.54. The lowest BCUT2D eigenvalue weighted by atomic mass is 10.1. The van der Waals surface area contributed by atoms with E-state index in [1.54, 1.807) is 6.20 Å². The molecule has 0 fully saturated rings. The molecule has 1 atom stereocenters. The first-order valence-electron chi connectivity index (χ1n) is 3.18. The van der Waals surface area contributed by atoms with Crippen LogP contribution in [0.25, 0.3) is 0 Å². The maximum atomic E-state index is 5.15. The van der Waals surface area contributed by atoms with Crippen molar-refractivity contribution in [3.63, 3.8) is 0 Å². The van der Waals surface area contributed by atoms with Crippen molar-refractivity contribution < 1.29 is 0 Å². The van der Waals surface area contributed by atoms with Gasteiger partial charge in [-0.2, -0.15) is 0 Å². The highest BCUT2D eigenvalue weighted by Gasteiger charge is 1.91. The van der Waals surface area contributed by atoms with Gasteiger partial charge >= 0.3 is 0 Å². The van der Waals surface area contributed by atoms with E-state index in [-0.39, 0.29) is 0 Å². The van der Waals surface area contributed by atoms with E-state index in [1.807, 2.05) is 6.08 Å². The fourth-order valence-electron chi connectivity index (χ4n) is 0.478. The minimum Gasteiger partial charge on any atom is -0.405 e. The van der Waals surface area contributed by atoms with Crippen LogP contribution >= 0.6 is 0 Å². The van der Waals surface area contributed by atoms with E-state index in [4.69, 9.17) is 5.73 Å². The summed E-state index contributed by atoms with van der Waals surface area (Å²) in [6.45, 7) is 4.41. The summed E-state index contributed by atoms with van der Waals surface area (Å²) in [4.78, 5) is 0. The largest absolute Gasteiger partial charge is 0.405 e. The maximum Gasteiger partial charge on any atom is -0.0103 e. The van der Waals surface area contributed by atoms with Gasteiger partial charge in [0.05, 0.1) is 0 Å². The van der Waals surface area contributed by atoms with Crippen LogP contribution in [-0.2, 0) is 0 Å². The molecule has 0 bridgehead atoms. The van der Waals surface area contributed by atoms with Crippen LogP contribution in [0.15, 0.2) is 12.3 Å². The lowest BCUT2D eigenvalue weighted by Crippen LogP contribution is -1.88. The summed E-state index contributed by atoms with van der Waals surface area (Å²) in [7, 11) is 0. The van der Waals surface area contributed by atoms with Gasteiger partial charge in [0.25, 0.3) is 0 Å². The third-order valence-corrected chi connectivity index (χ3v) is 1.37. The molecule has 0 saturated carbocycles. The summed E-state index contributed by atoms with van der Waals surface area (Å²) in [5, 5.41) is 0. The summed E-state index contributed by atoms with van der Waals surface area (Å²) < 4.78 is 0. The Labute approximate surface area is 51.6 Å². The molecule has 0 rings (SSSR count). The Morgan fingerprint density at radius 3 is 2.62 bits per heavy atom. The molecule has 48 valence electrons. The van der Waals surface area contributed by atoms with Crippen molar-refractivity contribution >= 4 is 0 Å². The van der Waals surface area contributed by atoms with Gasteiger partial charge < -0.3 is 5.73 Å². The van der Waals surface area contributed by atoms with Crippen molar-refractivity contribution in [3.8, 4) is 0 Å². The van der Waals surface area contributed by atoms with Crippen molar-refractivity contribution in [1.29, 1.82) is 0 Å². The Morgan fingerprint density at radius 1 is 1.62 bits per heavy atom. The second kappa shape index (κ2) is 4.69. The SMILES string of the molecule is CCC(C)C/C=C\N. The first-order valence-corrected chi connectivity index (χ1v) is 3.18. The van der Waals surface area contributed by atoms with Crippen LogP contribution in [0.2, 0.25) is 0 Å². The molecule has 1 unspecified atom stereocenters. The van der Waals surface area contributed by atoms with Crippen LogP contribution in [-0.4, -0.2) is 0 Å². The van der Waals surface area contributed by atoms with Gasteiger partial charge in [0.15, 0.2) is 0 Å². The minimum absolute atomic E-state index is 0.787. The molecule has 0 spiro atoms. The summed E-state index contributed by atoms with van der Waals surface area (Å²) in [6.07, 6.45) is 5.98. The molecule has 1 heteroatoms. The Morgan fingerprint density at radius 2 is 2.25 bits per heavy atom. The third kappa shape index (κ3) is 3.72. The van der Waals surface area contributed by atoms with Crippen molar-refractivity contribution in [3.05, 3.63) is 12.3 Å². The maximum absolute atomic E-state index is 5.15. The molecule has 0 aliphatic heterocycles. The van der Waals surface area contributed by atoms with Gasteiger partial charge in [-0.15, -0.1) is 0 Å². The molecule has 0 aromatic carbocycles. The average Bonchev–Trinajstić information content (AvgIpc) is 1.83. The van der Waals surface area contributed by atoms with Crippen LogP contribution in [0, 0.1) is 5.92 Å². The van der Waals surface area contributed by atoms with Crippen LogP contribution in [0.3, 0.4) is 0 Å². The van der Waals surface area contributed by atoms with Gasteiger partial charge in [0, 0.05) is 0 Å². The zero-order valence-corrected chi connectivity index (χ0v) is 5.72. The van der Waals surface area contributed by atoms with Gasteiger partial charge in [-0.05, 0) is 18.5 Å². The number of rotatable bonds is 3. The van der Waals surface area contributed by atoms with Crippen LogP contribution < -0.4 is 5.73 Å². The Balaban J connectivity index is 3.10. The molecule has 0 saturated heterocycles. The molecule has 0 radical (unpaired) electrons. The Bertz CT molecular complexity index is 66.8. The fourth-order valence-corrected chi connectivity index (χ4v) is 0.478. The first-order chi connectivity index (χ1) is 3.81. The van der Waals surface area contributed by atoms with Crippen molar-refractivity contribution in [2.24, 2.45) is 11.7 Å². The summed E-state index contributed by atoms with van der Waals surface area (Å²) in [6, 6.07) is 0. The lowest BCUT2D eigenvalue weighted by Gasteiger charge is -2.00. The van der Waals surface area contributed by atoms with Crippen molar-refractivity contribution in [1.82, 2.24) is 0 Å². The van der Waals surface area contributed by atoms with E-state index in [9.17, 15) is 0 Å². The Kier molecular flexibility index (Phi) is 4.42. The monoisotopic (exact) mass is 113 g/mol. The molecule has 0 amide bonds. The molecular weight excluding hydrogens is 98.1 g/mol. The molecule has 0 aliphatic carbocycles. The van der Waals surface area contributed by atoms with Gasteiger partial charge in [-0.25, -0.2) is 0 Å². The van der Waals surface area contributed by atoms with Crippen molar-refractivity contribution in [2.75, 3.05) is 0 Å². The van der Waals surface area contributed by atoms with E-state index in [0.29, 0.717) is 0 Å². The van der Waals surface area contributed by atoms with Crippen LogP contribution in [0.5, 0.6) is 0 Å². The number of hydrogen-bond acceptors (Lipinski definition) is 1. The highest BCUT2D eigenvalue weighted by atomic mass is 14.5.